The lowest BCUT2D eigenvalue weighted by atomic mass is 9.98. The fourth-order valence-corrected chi connectivity index (χ4v) is 2.84. The normalized spacial score (nSPS) is 17.5. The Morgan fingerprint density at radius 2 is 2.20 bits per heavy atom. The van der Waals surface area contributed by atoms with Crippen molar-refractivity contribution >= 4 is 0 Å². The zero-order valence-electron chi connectivity index (χ0n) is 11.6. The summed E-state index contributed by atoms with van der Waals surface area (Å²) in [5.41, 5.74) is 1.74. The largest absolute Gasteiger partial charge is 0.392 e. The van der Waals surface area contributed by atoms with Gasteiger partial charge in [0, 0.05) is 6.20 Å². The molecule has 0 aliphatic heterocycles. The Labute approximate surface area is 118 Å². The van der Waals surface area contributed by atoms with Crippen LogP contribution in [0.25, 0.3) is 11.5 Å². The number of rotatable bonds is 4. The van der Waals surface area contributed by atoms with Crippen LogP contribution in [0.4, 0.5) is 0 Å². The van der Waals surface area contributed by atoms with Crippen molar-refractivity contribution in [3.05, 3.63) is 29.8 Å². The van der Waals surface area contributed by atoms with E-state index in [2.05, 4.69) is 15.1 Å². The van der Waals surface area contributed by atoms with Gasteiger partial charge in [0.2, 0.25) is 11.7 Å². The fraction of sp³-hybridized carbons (Fsp3) is 0.533. The molecule has 1 fully saturated rings. The molecule has 5 nitrogen and oxygen atoms in total. The van der Waals surface area contributed by atoms with Crippen LogP contribution in [0.3, 0.4) is 0 Å². The Kier molecular flexibility index (Phi) is 3.78. The third kappa shape index (κ3) is 2.72. The van der Waals surface area contributed by atoms with Gasteiger partial charge in [0.25, 0.3) is 0 Å². The summed E-state index contributed by atoms with van der Waals surface area (Å²) in [6.45, 7) is 1.96. The number of aliphatic hydroxyl groups excluding tert-OH is 1. The molecule has 0 aromatic carbocycles. The second-order valence-corrected chi connectivity index (χ2v) is 5.50. The molecule has 3 rings (SSSR count). The number of hydrogen-bond acceptors (Lipinski definition) is 5. The highest BCUT2D eigenvalue weighted by Gasteiger charge is 2.25. The molecule has 1 aliphatic carbocycles. The Morgan fingerprint density at radius 1 is 1.40 bits per heavy atom. The van der Waals surface area contributed by atoms with Crippen LogP contribution in [0.2, 0.25) is 0 Å². The van der Waals surface area contributed by atoms with Crippen molar-refractivity contribution in [2.24, 2.45) is 5.92 Å². The first-order chi connectivity index (χ1) is 9.74. The molecular weight excluding hydrogens is 254 g/mol. The first kappa shape index (κ1) is 13.2. The zero-order chi connectivity index (χ0) is 13.9. The molecule has 1 aliphatic rings. The van der Waals surface area contributed by atoms with Crippen LogP contribution in [-0.2, 0) is 6.42 Å². The van der Waals surface area contributed by atoms with Gasteiger partial charge in [-0.15, -0.1) is 0 Å². The Morgan fingerprint density at radius 3 is 2.95 bits per heavy atom. The SMILES string of the molecule is Cc1cccnc1-c1noc(CC(O)C2CCCC2)n1. The van der Waals surface area contributed by atoms with Crippen LogP contribution >= 0.6 is 0 Å². The molecule has 2 aromatic heterocycles. The standard InChI is InChI=1S/C15H19N3O2/c1-10-5-4-8-16-14(10)15-17-13(20-18-15)9-12(19)11-6-2-3-7-11/h4-5,8,11-12,19H,2-3,6-7,9H2,1H3. The van der Waals surface area contributed by atoms with Gasteiger partial charge in [-0.2, -0.15) is 4.98 Å². The Hall–Kier alpha value is -1.75. The Bertz CT molecular complexity index is 576. The molecule has 1 unspecified atom stereocenters. The third-order valence-corrected chi connectivity index (χ3v) is 4.02. The molecule has 1 saturated carbocycles. The molecular formula is C15H19N3O2. The summed E-state index contributed by atoms with van der Waals surface area (Å²) in [5.74, 6) is 1.36. The molecule has 0 spiro atoms. The minimum absolute atomic E-state index is 0.377. The smallest absolute Gasteiger partial charge is 0.229 e. The van der Waals surface area contributed by atoms with Crippen molar-refractivity contribution in [1.82, 2.24) is 15.1 Å². The number of aryl methyl sites for hydroxylation is 1. The lowest BCUT2D eigenvalue weighted by Crippen LogP contribution is -2.20. The van der Waals surface area contributed by atoms with Crippen molar-refractivity contribution in [3.63, 3.8) is 0 Å². The molecule has 2 heterocycles. The summed E-state index contributed by atoms with van der Waals surface area (Å²) < 4.78 is 5.24. The molecule has 0 amide bonds. The Balaban J connectivity index is 1.72. The minimum Gasteiger partial charge on any atom is -0.392 e. The number of hydrogen-bond donors (Lipinski definition) is 1. The average molecular weight is 273 g/mol. The quantitative estimate of drug-likeness (QED) is 0.926. The maximum Gasteiger partial charge on any atom is 0.229 e. The van der Waals surface area contributed by atoms with Gasteiger partial charge < -0.3 is 9.63 Å². The van der Waals surface area contributed by atoms with E-state index in [0.29, 0.717) is 24.1 Å². The summed E-state index contributed by atoms with van der Waals surface area (Å²) in [5, 5.41) is 14.2. The molecule has 2 aromatic rings. The van der Waals surface area contributed by atoms with Crippen molar-refractivity contribution in [1.29, 1.82) is 0 Å². The molecule has 5 heteroatoms. The van der Waals surface area contributed by atoms with Gasteiger partial charge in [0.1, 0.15) is 5.69 Å². The van der Waals surface area contributed by atoms with E-state index in [4.69, 9.17) is 4.52 Å². The van der Waals surface area contributed by atoms with Gasteiger partial charge in [-0.25, -0.2) is 0 Å². The van der Waals surface area contributed by atoms with Crippen LogP contribution in [0.1, 0.15) is 37.1 Å². The van der Waals surface area contributed by atoms with Crippen molar-refractivity contribution in [3.8, 4) is 11.5 Å². The predicted octanol–water partition coefficient (Wildman–Crippen LogP) is 2.53. The van der Waals surface area contributed by atoms with Gasteiger partial charge in [-0.1, -0.05) is 24.1 Å². The monoisotopic (exact) mass is 273 g/mol. The van der Waals surface area contributed by atoms with Crippen LogP contribution in [0.5, 0.6) is 0 Å². The van der Waals surface area contributed by atoms with Gasteiger partial charge in [-0.05, 0) is 37.3 Å². The highest BCUT2D eigenvalue weighted by Crippen LogP contribution is 2.29. The zero-order valence-corrected chi connectivity index (χ0v) is 11.6. The van der Waals surface area contributed by atoms with E-state index in [0.717, 1.165) is 24.1 Å². The van der Waals surface area contributed by atoms with Gasteiger partial charge in [0.05, 0.1) is 12.5 Å². The maximum atomic E-state index is 10.2. The molecule has 0 saturated heterocycles. The summed E-state index contributed by atoms with van der Waals surface area (Å²) in [7, 11) is 0. The molecule has 20 heavy (non-hydrogen) atoms. The van der Waals surface area contributed by atoms with Gasteiger partial charge >= 0.3 is 0 Å². The second-order valence-electron chi connectivity index (χ2n) is 5.50. The van der Waals surface area contributed by atoms with Gasteiger partial charge in [-0.3, -0.25) is 4.98 Å². The van der Waals surface area contributed by atoms with Crippen molar-refractivity contribution in [2.75, 3.05) is 0 Å². The fourth-order valence-electron chi connectivity index (χ4n) is 2.84. The molecule has 1 N–H and O–H groups in total. The lowest BCUT2D eigenvalue weighted by Gasteiger charge is -2.14. The number of nitrogens with zero attached hydrogens (tertiary/aromatic N) is 3. The minimum atomic E-state index is -0.379. The van der Waals surface area contributed by atoms with Crippen molar-refractivity contribution in [2.45, 2.75) is 45.1 Å². The van der Waals surface area contributed by atoms with E-state index < -0.39 is 0 Å². The maximum absolute atomic E-state index is 10.2. The van der Waals surface area contributed by atoms with Crippen molar-refractivity contribution < 1.29 is 9.63 Å². The number of aliphatic hydroxyl groups is 1. The summed E-state index contributed by atoms with van der Waals surface area (Å²) in [6, 6.07) is 3.84. The van der Waals surface area contributed by atoms with Crippen LogP contribution < -0.4 is 0 Å². The van der Waals surface area contributed by atoms with E-state index in [1.165, 1.54) is 12.8 Å². The highest BCUT2D eigenvalue weighted by atomic mass is 16.5. The van der Waals surface area contributed by atoms with Gasteiger partial charge in [0.15, 0.2) is 0 Å². The van der Waals surface area contributed by atoms with E-state index in [9.17, 15) is 5.11 Å². The topological polar surface area (TPSA) is 72.0 Å². The van der Waals surface area contributed by atoms with E-state index in [-0.39, 0.29) is 6.10 Å². The number of aromatic nitrogens is 3. The van der Waals surface area contributed by atoms with Crippen LogP contribution in [0.15, 0.2) is 22.9 Å². The lowest BCUT2D eigenvalue weighted by molar-refractivity contribution is 0.102. The van der Waals surface area contributed by atoms with E-state index >= 15 is 0 Å². The first-order valence-electron chi connectivity index (χ1n) is 7.16. The average Bonchev–Trinajstić information content (AvgIpc) is 3.10. The molecule has 1 atom stereocenters. The van der Waals surface area contributed by atoms with E-state index in [1.807, 2.05) is 19.1 Å². The molecule has 106 valence electrons. The first-order valence-corrected chi connectivity index (χ1v) is 7.16. The highest BCUT2D eigenvalue weighted by molar-refractivity contribution is 5.53. The van der Waals surface area contributed by atoms with E-state index in [1.54, 1.807) is 6.20 Å². The van der Waals surface area contributed by atoms with Crippen LogP contribution in [-0.4, -0.2) is 26.3 Å². The summed E-state index contributed by atoms with van der Waals surface area (Å²) in [6.07, 6.45) is 6.39. The molecule has 0 bridgehead atoms. The summed E-state index contributed by atoms with van der Waals surface area (Å²) in [4.78, 5) is 8.62. The predicted molar refractivity (Wildman–Crippen MR) is 73.9 cm³/mol. The second kappa shape index (κ2) is 5.71. The molecule has 0 radical (unpaired) electrons. The van der Waals surface area contributed by atoms with Crippen LogP contribution in [0, 0.1) is 12.8 Å². The number of pyridine rings is 1. The third-order valence-electron chi connectivity index (χ3n) is 4.02. The summed E-state index contributed by atoms with van der Waals surface area (Å²) >= 11 is 0.